The van der Waals surface area contributed by atoms with Gasteiger partial charge in [0.15, 0.2) is 0 Å². The maximum atomic E-state index is 13.2. The van der Waals surface area contributed by atoms with E-state index in [0.717, 1.165) is 54.8 Å². The lowest BCUT2D eigenvalue weighted by molar-refractivity contribution is 0.0787. The fraction of sp³-hybridized carbons (Fsp3) is 0.450. The van der Waals surface area contributed by atoms with Gasteiger partial charge in [-0.05, 0) is 38.7 Å². The fourth-order valence-corrected chi connectivity index (χ4v) is 4.19. The highest BCUT2D eigenvalue weighted by molar-refractivity contribution is 5.97. The zero-order valence-electron chi connectivity index (χ0n) is 15.7. The summed E-state index contributed by atoms with van der Waals surface area (Å²) in [7, 11) is 0. The van der Waals surface area contributed by atoms with Crippen LogP contribution in [0.3, 0.4) is 0 Å². The van der Waals surface area contributed by atoms with Gasteiger partial charge >= 0.3 is 0 Å². The van der Waals surface area contributed by atoms with Crippen molar-refractivity contribution in [3.05, 3.63) is 47.0 Å². The molecule has 0 N–H and O–H groups in total. The number of aromatic nitrogens is 4. The van der Waals surface area contributed by atoms with Gasteiger partial charge in [0, 0.05) is 37.5 Å². The van der Waals surface area contributed by atoms with Crippen molar-refractivity contribution in [3.63, 3.8) is 0 Å². The largest absolute Gasteiger partial charge is 0.465 e. The van der Waals surface area contributed by atoms with Crippen molar-refractivity contribution in [2.24, 2.45) is 0 Å². The Morgan fingerprint density at radius 2 is 2.00 bits per heavy atom. The number of furan rings is 1. The zero-order valence-corrected chi connectivity index (χ0v) is 15.7. The number of nitrogens with zero attached hydrogens (tertiary/aromatic N) is 5. The van der Waals surface area contributed by atoms with Gasteiger partial charge in [0.2, 0.25) is 17.5 Å². The van der Waals surface area contributed by atoms with E-state index in [1.807, 2.05) is 11.8 Å². The first kappa shape index (κ1) is 17.1. The van der Waals surface area contributed by atoms with Crippen LogP contribution >= 0.6 is 0 Å². The number of fused-ring (bicyclic) bond motifs is 1. The molecular weight excluding hydrogens is 358 g/mol. The molecule has 1 fully saturated rings. The maximum Gasteiger partial charge on any atom is 0.257 e. The third-order valence-electron chi connectivity index (χ3n) is 5.59. The lowest BCUT2D eigenvalue weighted by Crippen LogP contribution is -2.29. The molecule has 0 aromatic carbocycles. The second kappa shape index (κ2) is 6.85. The first-order valence-corrected chi connectivity index (χ1v) is 9.72. The average Bonchev–Trinajstić information content (AvgIpc) is 3.45. The summed E-state index contributed by atoms with van der Waals surface area (Å²) in [6, 6.07) is 1.74. The SMILES string of the molecule is Cc1oc2c(c1C(=O)N1CC[C@H](c3nc(-c4ncccn4)no3)C1)CCCC2. The molecular formula is C20H21N5O3. The smallest absolute Gasteiger partial charge is 0.257 e. The van der Waals surface area contributed by atoms with Crippen molar-refractivity contribution in [2.45, 2.75) is 44.9 Å². The van der Waals surface area contributed by atoms with E-state index in [1.54, 1.807) is 18.5 Å². The highest BCUT2D eigenvalue weighted by Crippen LogP contribution is 2.33. The third kappa shape index (κ3) is 2.89. The zero-order chi connectivity index (χ0) is 19.1. The molecule has 0 radical (unpaired) electrons. The first-order chi connectivity index (χ1) is 13.7. The van der Waals surface area contributed by atoms with Gasteiger partial charge in [-0.25, -0.2) is 9.97 Å². The normalized spacial score (nSPS) is 19.0. The van der Waals surface area contributed by atoms with Gasteiger partial charge in [0.05, 0.1) is 11.5 Å². The molecule has 5 rings (SSSR count). The standard InChI is InChI=1S/C20H21N5O3/c1-12-16(14-5-2-3-6-15(14)27-12)20(26)25-10-7-13(11-25)19-23-18(24-28-19)17-21-8-4-9-22-17/h4,8-9,13H,2-3,5-7,10-11H2,1H3/t13-/m0/s1. The Morgan fingerprint density at radius 1 is 1.18 bits per heavy atom. The highest BCUT2D eigenvalue weighted by atomic mass is 16.5. The van der Waals surface area contributed by atoms with Crippen molar-refractivity contribution in [1.82, 2.24) is 25.0 Å². The van der Waals surface area contributed by atoms with E-state index in [9.17, 15) is 4.79 Å². The van der Waals surface area contributed by atoms with Crippen molar-refractivity contribution in [1.29, 1.82) is 0 Å². The summed E-state index contributed by atoms with van der Waals surface area (Å²) in [6.07, 6.45) is 8.17. The van der Waals surface area contributed by atoms with Crippen LogP contribution in [0.5, 0.6) is 0 Å². The summed E-state index contributed by atoms with van der Waals surface area (Å²) >= 11 is 0. The van der Waals surface area contributed by atoms with Crippen LogP contribution in [0.15, 0.2) is 27.4 Å². The number of hydrogen-bond donors (Lipinski definition) is 0. The van der Waals surface area contributed by atoms with Gasteiger partial charge in [0.25, 0.3) is 5.91 Å². The Hall–Kier alpha value is -3.03. The monoisotopic (exact) mass is 379 g/mol. The summed E-state index contributed by atoms with van der Waals surface area (Å²) < 4.78 is 11.3. The minimum atomic E-state index is 0.0249. The second-order valence-corrected chi connectivity index (χ2v) is 7.41. The van der Waals surface area contributed by atoms with E-state index in [2.05, 4.69) is 20.1 Å². The Kier molecular flexibility index (Phi) is 4.18. The van der Waals surface area contributed by atoms with E-state index >= 15 is 0 Å². The summed E-state index contributed by atoms with van der Waals surface area (Å²) in [5.41, 5.74) is 1.87. The van der Waals surface area contributed by atoms with Crippen molar-refractivity contribution in [2.75, 3.05) is 13.1 Å². The average molecular weight is 379 g/mol. The molecule has 0 saturated carbocycles. The van der Waals surface area contributed by atoms with Gasteiger partial charge in [-0.15, -0.1) is 0 Å². The molecule has 2 aliphatic rings. The third-order valence-corrected chi connectivity index (χ3v) is 5.59. The number of rotatable bonds is 3. The number of carbonyl (C=O) groups is 1. The lowest BCUT2D eigenvalue weighted by atomic mass is 9.94. The van der Waals surface area contributed by atoms with Crippen molar-refractivity contribution in [3.8, 4) is 11.6 Å². The molecule has 4 heterocycles. The summed E-state index contributed by atoms with van der Waals surface area (Å²) in [5.74, 6) is 3.15. The molecule has 0 bridgehead atoms. The van der Waals surface area contributed by atoms with Crippen molar-refractivity contribution < 1.29 is 13.7 Å². The van der Waals surface area contributed by atoms with Gasteiger partial charge < -0.3 is 13.8 Å². The van der Waals surface area contributed by atoms with E-state index in [-0.39, 0.29) is 11.8 Å². The van der Waals surface area contributed by atoms with Crippen molar-refractivity contribution >= 4 is 5.91 Å². The Labute approximate surface area is 162 Å². The molecule has 8 heteroatoms. The minimum Gasteiger partial charge on any atom is -0.465 e. The molecule has 0 spiro atoms. The van der Waals surface area contributed by atoms with Gasteiger partial charge in [-0.2, -0.15) is 4.98 Å². The highest BCUT2D eigenvalue weighted by Gasteiger charge is 2.35. The number of aryl methyl sites for hydroxylation is 2. The van der Waals surface area contributed by atoms with E-state index in [1.165, 1.54) is 0 Å². The molecule has 8 nitrogen and oxygen atoms in total. The molecule has 3 aromatic heterocycles. The topological polar surface area (TPSA) is 98.2 Å². The van der Waals surface area contributed by atoms with Gasteiger partial charge in [0.1, 0.15) is 11.5 Å². The molecule has 1 aliphatic carbocycles. The molecule has 1 amide bonds. The molecule has 1 aliphatic heterocycles. The number of amides is 1. The number of carbonyl (C=O) groups excluding carboxylic acids is 1. The molecule has 144 valence electrons. The van der Waals surface area contributed by atoms with Crippen LogP contribution in [0.1, 0.15) is 58.5 Å². The molecule has 28 heavy (non-hydrogen) atoms. The molecule has 1 saturated heterocycles. The van der Waals surface area contributed by atoms with Crippen LogP contribution in [-0.2, 0) is 12.8 Å². The summed E-state index contributed by atoms with van der Waals surface area (Å²) in [6.45, 7) is 3.13. The summed E-state index contributed by atoms with van der Waals surface area (Å²) in [4.78, 5) is 27.8. The van der Waals surface area contributed by atoms with E-state index in [0.29, 0.717) is 30.6 Å². The van der Waals surface area contributed by atoms with Crippen LogP contribution in [0.4, 0.5) is 0 Å². The molecule has 0 unspecified atom stereocenters. The van der Waals surface area contributed by atoms with Crippen LogP contribution in [0.2, 0.25) is 0 Å². The Morgan fingerprint density at radius 3 is 2.86 bits per heavy atom. The second-order valence-electron chi connectivity index (χ2n) is 7.41. The Balaban J connectivity index is 1.33. The van der Waals surface area contributed by atoms with Crippen LogP contribution in [0, 0.1) is 6.92 Å². The lowest BCUT2D eigenvalue weighted by Gasteiger charge is -2.17. The van der Waals surface area contributed by atoms with E-state index in [4.69, 9.17) is 8.94 Å². The number of likely N-dealkylation sites (tertiary alicyclic amines) is 1. The molecule has 3 aromatic rings. The minimum absolute atomic E-state index is 0.0249. The van der Waals surface area contributed by atoms with Crippen LogP contribution in [0.25, 0.3) is 11.6 Å². The number of hydrogen-bond acceptors (Lipinski definition) is 7. The summed E-state index contributed by atoms with van der Waals surface area (Å²) in [5, 5.41) is 3.99. The van der Waals surface area contributed by atoms with Crippen LogP contribution in [-0.4, -0.2) is 44.0 Å². The first-order valence-electron chi connectivity index (χ1n) is 9.72. The Bertz CT molecular complexity index is 1010. The maximum absolute atomic E-state index is 13.2. The van der Waals surface area contributed by atoms with Gasteiger partial charge in [-0.3, -0.25) is 4.79 Å². The predicted molar refractivity (Wildman–Crippen MR) is 98.7 cm³/mol. The molecule has 1 atom stereocenters. The van der Waals surface area contributed by atoms with E-state index < -0.39 is 0 Å². The quantitative estimate of drug-likeness (QED) is 0.690. The fourth-order valence-electron chi connectivity index (χ4n) is 4.19. The van der Waals surface area contributed by atoms with Crippen LogP contribution < -0.4 is 0 Å². The van der Waals surface area contributed by atoms with Gasteiger partial charge in [-0.1, -0.05) is 5.16 Å². The predicted octanol–water partition coefficient (Wildman–Crippen LogP) is 2.94.